The lowest BCUT2D eigenvalue weighted by Crippen LogP contribution is -2.24. The van der Waals surface area contributed by atoms with Gasteiger partial charge in [0, 0.05) is 23.2 Å². The molecule has 3 rings (SSSR count). The van der Waals surface area contributed by atoms with E-state index in [1.807, 2.05) is 24.3 Å². The predicted molar refractivity (Wildman–Crippen MR) is 128 cm³/mol. The Kier molecular flexibility index (Phi) is 8.05. The van der Waals surface area contributed by atoms with Crippen molar-refractivity contribution in [3.63, 3.8) is 0 Å². The molecule has 0 N–H and O–H groups in total. The molecule has 148 valence electrons. The topological polar surface area (TPSA) is 12.5 Å². The Morgan fingerprint density at radius 2 is 1.31 bits per heavy atom. The van der Waals surface area contributed by atoms with Gasteiger partial charge in [-0.3, -0.25) is 0 Å². The number of rotatable bonds is 11. The van der Waals surface area contributed by atoms with Crippen LogP contribution in [0.25, 0.3) is 0 Å². The zero-order valence-electron chi connectivity index (χ0n) is 16.9. The minimum absolute atomic E-state index is 0.252. The van der Waals surface area contributed by atoms with Gasteiger partial charge in [-0.1, -0.05) is 60.7 Å². The van der Waals surface area contributed by atoms with Crippen molar-refractivity contribution in [3.05, 3.63) is 110 Å². The summed E-state index contributed by atoms with van der Waals surface area (Å²) in [4.78, 5) is 2.27. The van der Waals surface area contributed by atoms with Crippen LogP contribution in [0.2, 0.25) is 0 Å². The van der Waals surface area contributed by atoms with Crippen LogP contribution < -0.4 is 10.1 Å². The maximum absolute atomic E-state index is 6.25. The van der Waals surface area contributed by atoms with Gasteiger partial charge in [0.2, 0.25) is 0 Å². The van der Waals surface area contributed by atoms with Crippen LogP contribution in [0.4, 0.5) is 17.1 Å². The van der Waals surface area contributed by atoms with Crippen molar-refractivity contribution in [2.24, 2.45) is 0 Å². The normalized spacial score (nSPS) is 12.0. The smallest absolute Gasteiger partial charge is 0.192 e. The highest BCUT2D eigenvalue weighted by molar-refractivity contribution is 6.47. The number of hydrogen-bond acceptors (Lipinski definition) is 2. The number of para-hydroxylation sites is 2. The fourth-order valence-electron chi connectivity index (χ4n) is 3.32. The second-order valence-corrected chi connectivity index (χ2v) is 8.43. The van der Waals surface area contributed by atoms with E-state index >= 15 is 0 Å². The molecule has 0 aliphatic rings. The summed E-state index contributed by atoms with van der Waals surface area (Å²) in [7, 11) is -0.774. The molecule has 0 aliphatic heterocycles. The van der Waals surface area contributed by atoms with E-state index < -0.39 is 9.76 Å². The second kappa shape index (κ2) is 11.2. The zero-order valence-corrected chi connectivity index (χ0v) is 18.3. The van der Waals surface area contributed by atoms with Crippen molar-refractivity contribution in [1.82, 2.24) is 0 Å². The van der Waals surface area contributed by atoms with Gasteiger partial charge in [0.05, 0.1) is 0 Å². The molecule has 1 unspecified atom stereocenters. The van der Waals surface area contributed by atoms with Crippen molar-refractivity contribution in [2.45, 2.75) is 25.4 Å². The van der Waals surface area contributed by atoms with Crippen LogP contribution in [0.15, 0.2) is 110 Å². The Balaban J connectivity index is 1.76. The molecule has 3 aromatic carbocycles. The van der Waals surface area contributed by atoms with Gasteiger partial charge in [0.25, 0.3) is 0 Å². The van der Waals surface area contributed by atoms with Gasteiger partial charge < -0.3 is 9.33 Å². The summed E-state index contributed by atoms with van der Waals surface area (Å²) in [5, 5.41) is 1.31. The Labute approximate surface area is 177 Å². The zero-order chi connectivity index (χ0) is 20.3. The van der Waals surface area contributed by atoms with Crippen LogP contribution in [0.5, 0.6) is 0 Å². The predicted octanol–water partition coefficient (Wildman–Crippen LogP) is 5.79. The van der Waals surface area contributed by atoms with Gasteiger partial charge in [-0.15, -0.1) is 13.2 Å². The first-order chi connectivity index (χ1) is 14.3. The summed E-state index contributed by atoms with van der Waals surface area (Å²) >= 11 is 0. The summed E-state index contributed by atoms with van der Waals surface area (Å²) in [6.07, 6.45) is 7.04. The van der Waals surface area contributed by atoms with Gasteiger partial charge in [-0.25, -0.2) is 0 Å². The molecule has 0 spiro atoms. The number of hydrogen-bond donors (Lipinski definition) is 0. The molecular formula is C26H29NOSi. The third kappa shape index (κ3) is 6.05. The van der Waals surface area contributed by atoms with Gasteiger partial charge >= 0.3 is 0 Å². The minimum atomic E-state index is -0.774. The fourth-order valence-corrected chi connectivity index (χ4v) is 4.47. The van der Waals surface area contributed by atoms with Crippen molar-refractivity contribution in [3.8, 4) is 0 Å². The summed E-state index contributed by atoms with van der Waals surface area (Å²) in [6.45, 7) is 7.67. The summed E-state index contributed by atoms with van der Waals surface area (Å²) in [5.41, 5.74) is 3.44. The van der Waals surface area contributed by atoms with Crippen LogP contribution in [-0.2, 0) is 4.43 Å². The van der Waals surface area contributed by atoms with E-state index in [2.05, 4.69) is 90.9 Å². The first-order valence-electron chi connectivity index (χ1n) is 10.1. The van der Waals surface area contributed by atoms with E-state index in [9.17, 15) is 0 Å². The average molecular weight is 400 g/mol. The Hall–Kier alpha value is -2.88. The number of anilines is 3. The molecule has 0 bridgehead atoms. The highest BCUT2D eigenvalue weighted by Crippen LogP contribution is 2.33. The summed E-state index contributed by atoms with van der Waals surface area (Å²) < 4.78 is 6.25. The van der Waals surface area contributed by atoms with E-state index in [1.165, 1.54) is 5.19 Å². The molecule has 2 nitrogen and oxygen atoms in total. The minimum Gasteiger partial charge on any atom is -0.415 e. The van der Waals surface area contributed by atoms with Crippen LogP contribution in [-0.4, -0.2) is 15.9 Å². The summed E-state index contributed by atoms with van der Waals surface area (Å²) in [5.74, 6) is 0. The number of benzene rings is 3. The molecule has 3 heteroatoms. The first kappa shape index (κ1) is 20.8. The molecule has 29 heavy (non-hydrogen) atoms. The van der Waals surface area contributed by atoms with Crippen molar-refractivity contribution in [2.75, 3.05) is 4.90 Å². The molecule has 0 fully saturated rings. The molecule has 0 saturated heterocycles. The Bertz CT molecular complexity index is 838. The van der Waals surface area contributed by atoms with Gasteiger partial charge in [-0.2, -0.15) is 0 Å². The highest BCUT2D eigenvalue weighted by atomic mass is 28.2. The molecule has 3 aromatic rings. The van der Waals surface area contributed by atoms with Gasteiger partial charge in [0.1, 0.15) is 0 Å². The van der Waals surface area contributed by atoms with Crippen LogP contribution in [0, 0.1) is 0 Å². The lowest BCUT2D eigenvalue weighted by atomic mass is 10.1. The van der Waals surface area contributed by atoms with Crippen LogP contribution in [0.3, 0.4) is 0 Å². The molecule has 0 amide bonds. The third-order valence-electron chi connectivity index (χ3n) is 4.83. The standard InChI is InChI=1S/C26H29NOSi/c1-3-5-17-25(12-4-2)28-29-26-20-18-24(19-21-26)27(22-13-8-6-9-14-22)23-15-10-7-11-16-23/h3-4,6-11,13-16,18-21,25H,1-2,5,12,17,29H2. The Morgan fingerprint density at radius 3 is 1.83 bits per heavy atom. The van der Waals surface area contributed by atoms with E-state index in [0.717, 1.165) is 36.3 Å². The fraction of sp³-hybridized carbons (Fsp3) is 0.154. The average Bonchev–Trinajstić information content (AvgIpc) is 2.78. The van der Waals surface area contributed by atoms with E-state index in [4.69, 9.17) is 4.43 Å². The van der Waals surface area contributed by atoms with Gasteiger partial charge in [-0.05, 0) is 60.8 Å². The molecule has 1 atom stereocenters. The largest absolute Gasteiger partial charge is 0.415 e. The van der Waals surface area contributed by atoms with Crippen molar-refractivity contribution in [1.29, 1.82) is 0 Å². The molecular weight excluding hydrogens is 370 g/mol. The SMILES string of the molecule is C=CCCC(CC=C)O[SiH2]c1ccc(N(c2ccccc2)c2ccccc2)cc1. The number of nitrogens with zero attached hydrogens (tertiary/aromatic N) is 1. The second-order valence-electron chi connectivity index (χ2n) is 7.00. The molecule has 0 radical (unpaired) electrons. The van der Waals surface area contributed by atoms with Crippen molar-refractivity contribution >= 4 is 32.0 Å². The lowest BCUT2D eigenvalue weighted by molar-refractivity contribution is 0.209. The summed E-state index contributed by atoms with van der Waals surface area (Å²) in [6, 6.07) is 29.7. The maximum atomic E-state index is 6.25. The molecule has 0 saturated carbocycles. The van der Waals surface area contributed by atoms with E-state index in [0.29, 0.717) is 0 Å². The highest BCUT2D eigenvalue weighted by Gasteiger charge is 2.12. The van der Waals surface area contributed by atoms with E-state index in [-0.39, 0.29) is 6.10 Å². The Morgan fingerprint density at radius 1 is 0.759 bits per heavy atom. The molecule has 0 aliphatic carbocycles. The monoisotopic (exact) mass is 399 g/mol. The van der Waals surface area contributed by atoms with Crippen LogP contribution >= 0.6 is 0 Å². The maximum Gasteiger partial charge on any atom is 0.192 e. The van der Waals surface area contributed by atoms with E-state index in [1.54, 1.807) is 0 Å². The third-order valence-corrected chi connectivity index (χ3v) is 6.27. The quantitative estimate of drug-likeness (QED) is 0.299. The van der Waals surface area contributed by atoms with Crippen LogP contribution in [0.1, 0.15) is 19.3 Å². The molecule has 0 heterocycles. The number of allylic oxidation sites excluding steroid dienone is 1. The molecule has 0 aromatic heterocycles. The lowest BCUT2D eigenvalue weighted by Gasteiger charge is -2.25. The van der Waals surface area contributed by atoms with Crippen molar-refractivity contribution < 1.29 is 4.43 Å². The first-order valence-corrected chi connectivity index (χ1v) is 11.4. The van der Waals surface area contributed by atoms with Gasteiger partial charge in [0.15, 0.2) is 9.76 Å².